The minimum atomic E-state index is -0.0148. The van der Waals surface area contributed by atoms with Crippen molar-refractivity contribution in [1.29, 1.82) is 5.26 Å². The minimum absolute atomic E-state index is 0.0148. The van der Waals surface area contributed by atoms with E-state index in [-0.39, 0.29) is 5.91 Å². The van der Waals surface area contributed by atoms with Gasteiger partial charge in [-0.3, -0.25) is 4.79 Å². The van der Waals surface area contributed by atoms with Gasteiger partial charge in [-0.05, 0) is 23.6 Å². The fourth-order valence-corrected chi connectivity index (χ4v) is 3.54. The van der Waals surface area contributed by atoms with Gasteiger partial charge in [0.05, 0.1) is 29.4 Å². The third kappa shape index (κ3) is 5.19. The van der Waals surface area contributed by atoms with Crippen LogP contribution in [-0.2, 0) is 11.3 Å². The smallest absolute Gasteiger partial charge is 0.279 e. The minimum Gasteiger partial charge on any atom is -0.325 e. The first-order valence-electron chi connectivity index (χ1n) is 6.91. The molecule has 0 saturated carbocycles. The van der Waals surface area contributed by atoms with Crippen molar-refractivity contribution < 1.29 is 9.69 Å². The Bertz CT molecular complexity index is 650. The number of carbonyl (C=O) groups is 1. The van der Waals surface area contributed by atoms with E-state index in [1.54, 1.807) is 11.3 Å². The van der Waals surface area contributed by atoms with Crippen molar-refractivity contribution in [2.45, 2.75) is 11.4 Å². The zero-order chi connectivity index (χ0) is 15.8. The summed E-state index contributed by atoms with van der Waals surface area (Å²) in [5, 5.41) is 13.7. The lowest BCUT2D eigenvalue weighted by atomic mass is 10.3. The molecule has 1 atom stereocenters. The van der Waals surface area contributed by atoms with E-state index < -0.39 is 0 Å². The molecule has 0 fully saturated rings. The molecular formula is C16H18N3OS2+. The van der Waals surface area contributed by atoms with E-state index in [0.717, 1.165) is 22.0 Å². The number of hydrogen-bond donors (Lipinski definition) is 2. The molecule has 2 rings (SSSR count). The summed E-state index contributed by atoms with van der Waals surface area (Å²) in [6, 6.07) is 13.8. The van der Waals surface area contributed by atoms with Gasteiger partial charge in [0.2, 0.25) is 0 Å². The van der Waals surface area contributed by atoms with Gasteiger partial charge in [0.15, 0.2) is 6.54 Å². The van der Waals surface area contributed by atoms with Crippen molar-refractivity contribution in [3.8, 4) is 6.07 Å². The Morgan fingerprint density at radius 3 is 2.91 bits per heavy atom. The van der Waals surface area contributed by atoms with Gasteiger partial charge in [0.25, 0.3) is 5.91 Å². The maximum Gasteiger partial charge on any atom is 0.279 e. The second-order valence-corrected chi connectivity index (χ2v) is 6.93. The molecule has 0 radical (unpaired) electrons. The van der Waals surface area contributed by atoms with Crippen LogP contribution in [0.4, 0.5) is 5.69 Å². The fourth-order valence-electron chi connectivity index (χ4n) is 2.05. The van der Waals surface area contributed by atoms with Crippen LogP contribution >= 0.6 is 23.1 Å². The maximum atomic E-state index is 12.2. The number of anilines is 1. The summed E-state index contributed by atoms with van der Waals surface area (Å²) in [6.45, 7) is 1.26. The van der Waals surface area contributed by atoms with Crippen LogP contribution < -0.4 is 10.2 Å². The number of benzene rings is 1. The Balaban J connectivity index is 1.90. The lowest BCUT2D eigenvalue weighted by Gasteiger charge is -2.14. The van der Waals surface area contributed by atoms with E-state index in [1.807, 2.05) is 42.8 Å². The van der Waals surface area contributed by atoms with Crippen LogP contribution in [-0.4, -0.2) is 25.3 Å². The molecule has 22 heavy (non-hydrogen) atoms. The number of hydrogen-bond acceptors (Lipinski definition) is 4. The highest BCUT2D eigenvalue weighted by Gasteiger charge is 2.13. The molecule has 0 bridgehead atoms. The van der Waals surface area contributed by atoms with Crippen LogP contribution in [0.2, 0.25) is 0 Å². The number of thiophene rings is 1. The van der Waals surface area contributed by atoms with Gasteiger partial charge in [0.1, 0.15) is 6.54 Å². The first kappa shape index (κ1) is 16.6. The number of amides is 1. The highest BCUT2D eigenvalue weighted by atomic mass is 32.2. The number of nitriles is 1. The number of carbonyl (C=O) groups excluding carboxylic acids is 1. The zero-order valence-corrected chi connectivity index (χ0v) is 14.0. The van der Waals surface area contributed by atoms with Gasteiger partial charge >= 0.3 is 0 Å². The summed E-state index contributed by atoms with van der Waals surface area (Å²) in [4.78, 5) is 15.5. The van der Waals surface area contributed by atoms with E-state index in [2.05, 4.69) is 17.5 Å². The lowest BCUT2D eigenvalue weighted by Crippen LogP contribution is -3.08. The summed E-state index contributed by atoms with van der Waals surface area (Å²) in [6.07, 6.45) is 0. The molecule has 0 aliphatic rings. The standard InChI is InChI=1S/C16H17N3OS2/c1-19(11-13-5-4-9-21-13)12-16(20)18-14-6-2-3-7-15(14)22-10-8-17/h2-7,9H,10-12H2,1H3,(H,18,20)/p+1. The average molecular weight is 332 g/mol. The van der Waals surface area contributed by atoms with Gasteiger partial charge in [-0.1, -0.05) is 18.2 Å². The van der Waals surface area contributed by atoms with Crippen LogP contribution in [0.15, 0.2) is 46.7 Å². The first-order chi connectivity index (χ1) is 10.7. The average Bonchev–Trinajstić information content (AvgIpc) is 2.99. The Labute approximate surface area is 138 Å². The molecule has 0 aliphatic carbocycles. The molecule has 0 aliphatic heterocycles. The number of quaternary nitrogens is 1. The van der Waals surface area contributed by atoms with Gasteiger partial charge in [-0.15, -0.1) is 23.1 Å². The molecular weight excluding hydrogens is 314 g/mol. The highest BCUT2D eigenvalue weighted by molar-refractivity contribution is 7.99. The van der Waals surface area contributed by atoms with Crippen molar-refractivity contribution in [3.63, 3.8) is 0 Å². The molecule has 1 heterocycles. The number of thioether (sulfide) groups is 1. The van der Waals surface area contributed by atoms with E-state index in [4.69, 9.17) is 5.26 Å². The normalized spacial score (nSPS) is 11.6. The Kier molecular flexibility index (Phi) is 6.46. The van der Waals surface area contributed by atoms with Crippen molar-refractivity contribution in [2.75, 3.05) is 24.7 Å². The van der Waals surface area contributed by atoms with Crippen molar-refractivity contribution in [3.05, 3.63) is 46.7 Å². The van der Waals surface area contributed by atoms with Crippen LogP contribution in [0.5, 0.6) is 0 Å². The largest absolute Gasteiger partial charge is 0.325 e. The van der Waals surface area contributed by atoms with Crippen molar-refractivity contribution in [2.24, 2.45) is 0 Å². The van der Waals surface area contributed by atoms with Gasteiger partial charge in [-0.2, -0.15) is 5.26 Å². The lowest BCUT2D eigenvalue weighted by molar-refractivity contribution is -0.884. The molecule has 1 aromatic heterocycles. The van der Waals surface area contributed by atoms with Crippen molar-refractivity contribution in [1.82, 2.24) is 0 Å². The molecule has 0 spiro atoms. The van der Waals surface area contributed by atoms with E-state index in [9.17, 15) is 4.79 Å². The monoisotopic (exact) mass is 332 g/mol. The third-order valence-electron chi connectivity index (χ3n) is 2.97. The van der Waals surface area contributed by atoms with Crippen molar-refractivity contribution >= 4 is 34.7 Å². The molecule has 1 amide bonds. The Morgan fingerprint density at radius 2 is 2.18 bits per heavy atom. The summed E-state index contributed by atoms with van der Waals surface area (Å²) >= 11 is 3.14. The molecule has 1 aromatic carbocycles. The van der Waals surface area contributed by atoms with Gasteiger partial charge in [0, 0.05) is 4.90 Å². The summed E-state index contributed by atoms with van der Waals surface area (Å²) in [5.74, 6) is 0.357. The molecule has 1 unspecified atom stereocenters. The topological polar surface area (TPSA) is 57.3 Å². The van der Waals surface area contributed by atoms with Crippen LogP contribution in [0.1, 0.15) is 4.88 Å². The summed E-state index contributed by atoms with van der Waals surface area (Å²) in [7, 11) is 2.01. The van der Waals surface area contributed by atoms with E-state index in [0.29, 0.717) is 12.3 Å². The van der Waals surface area contributed by atoms with E-state index in [1.165, 1.54) is 16.6 Å². The van der Waals surface area contributed by atoms with Gasteiger partial charge in [-0.25, -0.2) is 0 Å². The molecule has 2 N–H and O–H groups in total. The number of likely N-dealkylation sites (N-methyl/N-ethyl adjacent to an activating group) is 1. The number of rotatable bonds is 7. The summed E-state index contributed by atoms with van der Waals surface area (Å²) < 4.78 is 0. The zero-order valence-electron chi connectivity index (χ0n) is 12.3. The van der Waals surface area contributed by atoms with Gasteiger partial charge < -0.3 is 10.2 Å². The summed E-state index contributed by atoms with van der Waals surface area (Å²) in [5.41, 5.74) is 0.775. The first-order valence-corrected chi connectivity index (χ1v) is 8.78. The molecule has 0 saturated heterocycles. The SMILES string of the molecule is C[NH+](CC(=O)Nc1ccccc1SCC#N)Cc1cccs1. The fraction of sp³-hybridized carbons (Fsp3) is 0.250. The number of nitrogens with zero attached hydrogens (tertiary/aromatic N) is 1. The van der Waals surface area contributed by atoms with Crippen LogP contribution in [0, 0.1) is 11.3 Å². The Morgan fingerprint density at radius 1 is 1.36 bits per heavy atom. The quantitative estimate of drug-likeness (QED) is 0.763. The highest BCUT2D eigenvalue weighted by Crippen LogP contribution is 2.26. The molecule has 6 heteroatoms. The molecule has 114 valence electrons. The second-order valence-electron chi connectivity index (χ2n) is 4.88. The van der Waals surface area contributed by atoms with Crippen LogP contribution in [0.3, 0.4) is 0 Å². The van der Waals surface area contributed by atoms with E-state index >= 15 is 0 Å². The molecule has 4 nitrogen and oxygen atoms in total. The third-order valence-corrected chi connectivity index (χ3v) is 4.79. The second kappa shape index (κ2) is 8.59. The molecule has 2 aromatic rings. The predicted molar refractivity (Wildman–Crippen MR) is 91.2 cm³/mol. The number of nitrogens with one attached hydrogen (secondary N) is 2. The Hall–Kier alpha value is -1.81. The maximum absolute atomic E-state index is 12.2. The predicted octanol–water partition coefficient (Wildman–Crippen LogP) is 2.02. The van der Waals surface area contributed by atoms with Crippen LogP contribution in [0.25, 0.3) is 0 Å². The number of para-hydroxylation sites is 1.